The van der Waals surface area contributed by atoms with Crippen LogP contribution in [-0.2, 0) is 19.3 Å². The van der Waals surface area contributed by atoms with Gasteiger partial charge in [0.1, 0.15) is 11.4 Å². The van der Waals surface area contributed by atoms with Crippen LogP contribution in [0.5, 0.6) is 0 Å². The van der Waals surface area contributed by atoms with E-state index in [-0.39, 0.29) is 29.5 Å². The van der Waals surface area contributed by atoms with Crippen LogP contribution in [0.25, 0.3) is 0 Å². The van der Waals surface area contributed by atoms with E-state index >= 15 is 0 Å². The van der Waals surface area contributed by atoms with Crippen molar-refractivity contribution in [1.82, 2.24) is 0 Å². The molecule has 2 saturated carbocycles. The van der Waals surface area contributed by atoms with Gasteiger partial charge in [-0.25, -0.2) is 9.78 Å². The summed E-state index contributed by atoms with van der Waals surface area (Å²) in [7, 11) is 0. The Morgan fingerprint density at radius 3 is 2.68 bits per heavy atom. The molecule has 3 aliphatic rings. The molecule has 0 aromatic rings. The first-order valence-electron chi connectivity index (χ1n) is 8.58. The normalized spacial score (nSPS) is 51.2. The Morgan fingerprint density at radius 1 is 1.32 bits per heavy atom. The van der Waals surface area contributed by atoms with Gasteiger partial charge in [0.15, 0.2) is 6.29 Å². The molecule has 0 aromatic carbocycles. The predicted octanol–water partition coefficient (Wildman–Crippen LogP) is 2.32. The fourth-order valence-electron chi connectivity index (χ4n) is 5.15. The number of carbonyl (C=O) groups is 1. The molecule has 0 aromatic heterocycles. The zero-order chi connectivity index (χ0) is 16.1. The highest BCUT2D eigenvalue weighted by molar-refractivity contribution is 5.79. The van der Waals surface area contributed by atoms with E-state index in [0.29, 0.717) is 18.9 Å². The van der Waals surface area contributed by atoms with Crippen LogP contribution >= 0.6 is 0 Å². The molecule has 0 radical (unpaired) electrons. The molecule has 3 rings (SSSR count). The maximum Gasteiger partial charge on any atom is 0.194 e. The lowest BCUT2D eigenvalue weighted by Crippen LogP contribution is -2.63. The number of hydrogen-bond donors (Lipinski definition) is 1. The Bertz CT molecular complexity index is 439. The monoisotopic (exact) mass is 312 g/mol. The van der Waals surface area contributed by atoms with Crippen LogP contribution in [0.1, 0.15) is 47.0 Å². The number of ether oxygens (including phenoxy) is 1. The summed E-state index contributed by atoms with van der Waals surface area (Å²) in [6.07, 6.45) is 1.60. The van der Waals surface area contributed by atoms with Crippen LogP contribution in [0, 0.1) is 29.6 Å². The Balaban J connectivity index is 1.94. The quantitative estimate of drug-likeness (QED) is 0.810. The molecule has 0 bridgehead atoms. The summed E-state index contributed by atoms with van der Waals surface area (Å²) >= 11 is 0. The van der Waals surface area contributed by atoms with E-state index in [1.165, 1.54) is 0 Å². The third-order valence-corrected chi connectivity index (χ3v) is 6.33. The fourth-order valence-corrected chi connectivity index (χ4v) is 5.15. The molecule has 3 fully saturated rings. The van der Waals surface area contributed by atoms with E-state index < -0.39 is 18.0 Å². The molecular formula is C17H28O5. The lowest BCUT2D eigenvalue weighted by Gasteiger charge is -2.54. The lowest BCUT2D eigenvalue weighted by atomic mass is 9.61. The minimum absolute atomic E-state index is 0.0467. The molecule has 1 spiro atoms. The molecule has 1 aliphatic heterocycles. The van der Waals surface area contributed by atoms with Gasteiger partial charge in [-0.1, -0.05) is 13.8 Å². The third-order valence-electron chi connectivity index (χ3n) is 6.33. The molecule has 22 heavy (non-hydrogen) atoms. The molecular weight excluding hydrogens is 284 g/mol. The fraction of sp³-hybridized carbons (Fsp3) is 0.941. The first-order chi connectivity index (χ1) is 10.4. The molecule has 1 unspecified atom stereocenters. The highest BCUT2D eigenvalue weighted by Crippen LogP contribution is 2.59. The van der Waals surface area contributed by atoms with E-state index in [1.807, 2.05) is 6.92 Å². The van der Waals surface area contributed by atoms with Crippen molar-refractivity contribution >= 4 is 5.78 Å². The molecule has 5 heteroatoms. The van der Waals surface area contributed by atoms with Crippen LogP contribution in [-0.4, -0.2) is 35.5 Å². The summed E-state index contributed by atoms with van der Waals surface area (Å²) < 4.78 is 5.63. The van der Waals surface area contributed by atoms with E-state index in [4.69, 9.17) is 14.5 Å². The predicted molar refractivity (Wildman–Crippen MR) is 79.7 cm³/mol. The van der Waals surface area contributed by atoms with Crippen molar-refractivity contribution in [2.24, 2.45) is 29.6 Å². The zero-order valence-electron chi connectivity index (χ0n) is 14.0. The van der Waals surface area contributed by atoms with Gasteiger partial charge in [0.25, 0.3) is 0 Å². The smallest absolute Gasteiger partial charge is 0.194 e. The van der Waals surface area contributed by atoms with E-state index in [2.05, 4.69) is 13.8 Å². The molecule has 1 saturated heterocycles. The molecule has 8 atom stereocenters. The van der Waals surface area contributed by atoms with Gasteiger partial charge in [0.05, 0.1) is 6.10 Å². The van der Waals surface area contributed by atoms with Crippen molar-refractivity contribution < 1.29 is 24.4 Å². The number of rotatable bonds is 3. The number of hydrogen-bond acceptors (Lipinski definition) is 5. The topological polar surface area (TPSA) is 65.0 Å². The number of Topliss-reactive ketones (excluding diaryl/α,β-unsaturated/α-hetero) is 1. The van der Waals surface area contributed by atoms with Crippen molar-refractivity contribution in [3.63, 3.8) is 0 Å². The van der Waals surface area contributed by atoms with Gasteiger partial charge < -0.3 is 9.84 Å². The Morgan fingerprint density at radius 2 is 2.05 bits per heavy atom. The van der Waals surface area contributed by atoms with E-state index in [1.54, 1.807) is 6.92 Å². The molecule has 1 N–H and O–H groups in total. The van der Waals surface area contributed by atoms with Crippen LogP contribution in [0.2, 0.25) is 0 Å². The SMILES string of the molecule is CCO[C@@H]1OO[C@]23[C@@H](O)C(C(C)=O)C[C@H]2[C@H](C)CC[C@H]3[C@H]1C. The van der Waals surface area contributed by atoms with Crippen LogP contribution < -0.4 is 0 Å². The van der Waals surface area contributed by atoms with Gasteiger partial charge in [-0.2, -0.15) is 0 Å². The van der Waals surface area contributed by atoms with Crippen LogP contribution in [0.4, 0.5) is 0 Å². The summed E-state index contributed by atoms with van der Waals surface area (Å²) in [5.74, 6) is 0.607. The zero-order valence-corrected chi connectivity index (χ0v) is 14.0. The summed E-state index contributed by atoms with van der Waals surface area (Å²) in [6, 6.07) is 0. The minimum atomic E-state index is -0.784. The van der Waals surface area contributed by atoms with Gasteiger partial charge in [-0.05, 0) is 44.9 Å². The highest BCUT2D eigenvalue weighted by Gasteiger charge is 2.67. The largest absolute Gasteiger partial charge is 0.389 e. The summed E-state index contributed by atoms with van der Waals surface area (Å²) in [6.45, 7) is 8.37. The second kappa shape index (κ2) is 5.86. The third kappa shape index (κ3) is 2.17. The standard InChI is InChI=1S/C17H28O5/c1-5-20-16-10(3)13-7-6-9(2)14-8-12(11(4)18)15(19)17(13,14)22-21-16/h9-10,12-16,19H,5-8H2,1-4H3/t9-,10-,12?,13+,14+,15+,16-,17+/m1/s1. The lowest BCUT2D eigenvalue weighted by molar-refractivity contribution is -0.496. The van der Waals surface area contributed by atoms with Crippen molar-refractivity contribution in [3.05, 3.63) is 0 Å². The van der Waals surface area contributed by atoms with Crippen molar-refractivity contribution in [1.29, 1.82) is 0 Å². The number of aliphatic hydroxyl groups is 1. The van der Waals surface area contributed by atoms with Gasteiger partial charge >= 0.3 is 0 Å². The van der Waals surface area contributed by atoms with E-state index in [9.17, 15) is 9.90 Å². The maximum absolute atomic E-state index is 11.9. The molecule has 0 amide bonds. The first-order valence-corrected chi connectivity index (χ1v) is 8.58. The average molecular weight is 312 g/mol. The Hall–Kier alpha value is -0.490. The highest BCUT2D eigenvalue weighted by atomic mass is 17.2. The minimum Gasteiger partial charge on any atom is -0.389 e. The van der Waals surface area contributed by atoms with Gasteiger partial charge in [-0.15, -0.1) is 0 Å². The molecule has 5 nitrogen and oxygen atoms in total. The van der Waals surface area contributed by atoms with Gasteiger partial charge in [0.2, 0.25) is 0 Å². The van der Waals surface area contributed by atoms with Crippen molar-refractivity contribution in [3.8, 4) is 0 Å². The number of carbonyl (C=O) groups excluding carboxylic acids is 1. The maximum atomic E-state index is 11.9. The molecule has 126 valence electrons. The van der Waals surface area contributed by atoms with Crippen molar-refractivity contribution in [2.75, 3.05) is 6.61 Å². The Labute approximate surface area is 132 Å². The number of aliphatic hydroxyl groups excluding tert-OH is 1. The molecule has 2 aliphatic carbocycles. The van der Waals surface area contributed by atoms with Crippen molar-refractivity contribution in [2.45, 2.75) is 65.0 Å². The second-order valence-electron chi connectivity index (χ2n) is 7.38. The summed E-state index contributed by atoms with van der Waals surface area (Å²) in [4.78, 5) is 23.4. The van der Waals surface area contributed by atoms with Crippen LogP contribution in [0.15, 0.2) is 0 Å². The Kier molecular flexibility index (Phi) is 4.36. The van der Waals surface area contributed by atoms with Gasteiger partial charge in [0, 0.05) is 24.4 Å². The van der Waals surface area contributed by atoms with Crippen LogP contribution in [0.3, 0.4) is 0 Å². The first kappa shape index (κ1) is 16.4. The second-order valence-corrected chi connectivity index (χ2v) is 7.38. The van der Waals surface area contributed by atoms with E-state index in [0.717, 1.165) is 12.8 Å². The number of ketones is 1. The summed E-state index contributed by atoms with van der Waals surface area (Å²) in [5.41, 5.74) is -0.749. The average Bonchev–Trinajstić information content (AvgIpc) is 2.77. The molecule has 1 heterocycles. The summed E-state index contributed by atoms with van der Waals surface area (Å²) in [5, 5.41) is 10.9. The van der Waals surface area contributed by atoms with Gasteiger partial charge in [-0.3, -0.25) is 4.79 Å².